The van der Waals surface area contributed by atoms with Gasteiger partial charge in [-0.1, -0.05) is 0 Å². The molecule has 3 rings (SSSR count). The zero-order valence-electron chi connectivity index (χ0n) is 18.9. The van der Waals surface area contributed by atoms with E-state index >= 15 is 0 Å². The van der Waals surface area contributed by atoms with E-state index in [1.165, 1.54) is 0 Å². The minimum atomic E-state index is -4.55. The number of carboxylic acids is 1. The number of nitrogens with zero attached hydrogens (tertiary/aromatic N) is 4. The highest BCUT2D eigenvalue weighted by atomic mass is 32.2. The van der Waals surface area contributed by atoms with Gasteiger partial charge in [-0.05, 0) is 92.4 Å². The second kappa shape index (κ2) is 9.49. The van der Waals surface area contributed by atoms with Crippen molar-refractivity contribution in [3.63, 3.8) is 0 Å². The quantitative estimate of drug-likeness (QED) is 0.213. The minimum absolute atomic E-state index is 0.0602. The van der Waals surface area contributed by atoms with E-state index in [1.54, 1.807) is 19.1 Å². The Labute approximate surface area is 196 Å². The van der Waals surface area contributed by atoms with Gasteiger partial charge in [-0.2, -0.15) is 18.6 Å². The summed E-state index contributed by atoms with van der Waals surface area (Å²) < 4.78 is 31.7. The van der Waals surface area contributed by atoms with Gasteiger partial charge in [0.05, 0.1) is 27.5 Å². The van der Waals surface area contributed by atoms with Crippen LogP contribution in [0.4, 0.5) is 28.4 Å². The maximum Gasteiger partial charge on any atom is 0.338 e. The number of nitrogen functional groups attached to an aromatic ring is 1. The second-order valence-electron chi connectivity index (χ2n) is 7.79. The molecule has 0 fully saturated rings. The van der Waals surface area contributed by atoms with Gasteiger partial charge in [0.15, 0.2) is 0 Å². The predicted molar refractivity (Wildman–Crippen MR) is 128 cm³/mol. The standard InChI is InChI=1S/C23H23N5O5S/c1-12-10-21(27-28-22-14(3)7-16(24)8-15(22)4)13(2)9-20(12)26-25-19-6-5-17(34(31,32)33)11-18(19)23(29)30/h5-11H,24H2,1-4H3,(H,29,30)(H,31,32,33). The summed E-state index contributed by atoms with van der Waals surface area (Å²) in [6.07, 6.45) is 0. The van der Waals surface area contributed by atoms with Crippen molar-refractivity contribution in [2.75, 3.05) is 5.73 Å². The molecule has 11 heteroatoms. The van der Waals surface area contributed by atoms with Gasteiger partial charge in [0, 0.05) is 5.69 Å². The van der Waals surface area contributed by atoms with Crippen molar-refractivity contribution in [2.45, 2.75) is 32.6 Å². The normalized spacial score (nSPS) is 12.0. The van der Waals surface area contributed by atoms with E-state index in [2.05, 4.69) is 20.5 Å². The van der Waals surface area contributed by atoms with Gasteiger partial charge in [-0.15, -0.1) is 10.2 Å². The number of carboxylic acid groups (broad SMARTS) is 1. The molecule has 0 bridgehead atoms. The van der Waals surface area contributed by atoms with Crippen LogP contribution >= 0.6 is 0 Å². The molecule has 0 aromatic heterocycles. The highest BCUT2D eigenvalue weighted by Gasteiger charge is 2.17. The van der Waals surface area contributed by atoms with Crippen LogP contribution in [0.15, 0.2) is 67.8 Å². The minimum Gasteiger partial charge on any atom is -0.478 e. The van der Waals surface area contributed by atoms with E-state index in [1.807, 2.05) is 32.9 Å². The van der Waals surface area contributed by atoms with Gasteiger partial charge in [-0.3, -0.25) is 4.55 Å². The molecule has 4 N–H and O–H groups in total. The Morgan fingerprint density at radius 3 is 1.76 bits per heavy atom. The molecule has 0 saturated heterocycles. The molecule has 0 unspecified atom stereocenters. The third-order valence-electron chi connectivity index (χ3n) is 5.05. The average Bonchev–Trinajstić information content (AvgIpc) is 2.73. The summed E-state index contributed by atoms with van der Waals surface area (Å²) in [5.74, 6) is -1.41. The van der Waals surface area contributed by atoms with Crippen LogP contribution in [0.5, 0.6) is 0 Å². The zero-order chi connectivity index (χ0) is 25.2. The number of anilines is 1. The third-order valence-corrected chi connectivity index (χ3v) is 5.90. The molecule has 0 aliphatic heterocycles. The number of hydrogen-bond acceptors (Lipinski definition) is 8. The summed E-state index contributed by atoms with van der Waals surface area (Å²) >= 11 is 0. The molecule has 0 aliphatic rings. The van der Waals surface area contributed by atoms with Gasteiger partial charge in [-0.25, -0.2) is 4.79 Å². The Hall–Kier alpha value is -3.96. The van der Waals surface area contributed by atoms with Crippen molar-refractivity contribution in [2.24, 2.45) is 20.5 Å². The van der Waals surface area contributed by atoms with Crippen LogP contribution in [0.2, 0.25) is 0 Å². The van der Waals surface area contributed by atoms with Gasteiger partial charge in [0.25, 0.3) is 10.1 Å². The molecule has 0 atom stereocenters. The molecule has 34 heavy (non-hydrogen) atoms. The first kappa shape index (κ1) is 24.7. The Balaban J connectivity index is 1.94. The predicted octanol–water partition coefficient (Wildman–Crippen LogP) is 6.28. The molecule has 0 aliphatic carbocycles. The zero-order valence-corrected chi connectivity index (χ0v) is 19.8. The number of nitrogens with two attached hydrogens (primary N) is 1. The van der Waals surface area contributed by atoms with Crippen LogP contribution in [-0.2, 0) is 10.1 Å². The lowest BCUT2D eigenvalue weighted by Crippen LogP contribution is -2.02. The fraction of sp³-hybridized carbons (Fsp3) is 0.174. The summed E-state index contributed by atoms with van der Waals surface area (Å²) in [6.45, 7) is 7.45. The van der Waals surface area contributed by atoms with Gasteiger partial charge < -0.3 is 10.8 Å². The number of benzene rings is 3. The van der Waals surface area contributed by atoms with E-state index in [0.717, 1.165) is 46.1 Å². The molecule has 0 heterocycles. The molecule has 0 saturated carbocycles. The number of azo groups is 2. The van der Waals surface area contributed by atoms with Gasteiger partial charge in [0.2, 0.25) is 0 Å². The van der Waals surface area contributed by atoms with Crippen LogP contribution in [-0.4, -0.2) is 24.0 Å². The van der Waals surface area contributed by atoms with E-state index in [-0.39, 0.29) is 5.69 Å². The maximum absolute atomic E-state index is 11.5. The van der Waals surface area contributed by atoms with E-state index in [9.17, 15) is 18.3 Å². The summed E-state index contributed by atoms with van der Waals surface area (Å²) in [4.78, 5) is 11.0. The highest BCUT2D eigenvalue weighted by Crippen LogP contribution is 2.33. The average molecular weight is 482 g/mol. The van der Waals surface area contributed by atoms with Crippen molar-refractivity contribution in [3.8, 4) is 0 Å². The van der Waals surface area contributed by atoms with Crippen LogP contribution in [0.3, 0.4) is 0 Å². The van der Waals surface area contributed by atoms with Crippen LogP contribution < -0.4 is 5.73 Å². The van der Waals surface area contributed by atoms with Crippen molar-refractivity contribution in [3.05, 3.63) is 70.3 Å². The monoisotopic (exact) mass is 481 g/mol. The molecule has 3 aromatic rings. The van der Waals surface area contributed by atoms with E-state index < -0.39 is 26.5 Å². The first-order chi connectivity index (χ1) is 15.9. The Morgan fingerprint density at radius 2 is 1.26 bits per heavy atom. The molecule has 176 valence electrons. The molecular weight excluding hydrogens is 458 g/mol. The lowest BCUT2D eigenvalue weighted by Gasteiger charge is -2.07. The fourth-order valence-electron chi connectivity index (χ4n) is 3.29. The van der Waals surface area contributed by atoms with Crippen molar-refractivity contribution < 1.29 is 22.9 Å². The molecule has 10 nitrogen and oxygen atoms in total. The van der Waals surface area contributed by atoms with Crippen LogP contribution in [0.1, 0.15) is 32.6 Å². The third kappa shape index (κ3) is 5.50. The summed E-state index contributed by atoms with van der Waals surface area (Å²) in [7, 11) is -4.55. The van der Waals surface area contributed by atoms with Crippen LogP contribution in [0, 0.1) is 27.7 Å². The smallest absolute Gasteiger partial charge is 0.338 e. The molecule has 3 aromatic carbocycles. The van der Waals surface area contributed by atoms with Crippen LogP contribution in [0.25, 0.3) is 0 Å². The lowest BCUT2D eigenvalue weighted by atomic mass is 10.1. The highest BCUT2D eigenvalue weighted by molar-refractivity contribution is 7.85. The van der Waals surface area contributed by atoms with Crippen molar-refractivity contribution in [1.82, 2.24) is 0 Å². The number of aromatic carboxylic acids is 1. The molecule has 0 amide bonds. The first-order valence-electron chi connectivity index (χ1n) is 10.0. The Bertz CT molecular complexity index is 1440. The number of rotatable bonds is 6. The topological polar surface area (TPSA) is 167 Å². The van der Waals surface area contributed by atoms with Gasteiger partial charge >= 0.3 is 5.97 Å². The summed E-state index contributed by atoms with van der Waals surface area (Å²) in [5, 5.41) is 26.3. The van der Waals surface area contributed by atoms with Crippen molar-refractivity contribution >= 4 is 44.5 Å². The number of hydrogen-bond donors (Lipinski definition) is 3. The van der Waals surface area contributed by atoms with E-state index in [4.69, 9.17) is 10.3 Å². The Morgan fingerprint density at radius 1 is 0.765 bits per heavy atom. The number of aryl methyl sites for hydroxylation is 4. The first-order valence-corrected chi connectivity index (χ1v) is 11.5. The SMILES string of the molecule is Cc1cc(N=Nc2c(C)cc(N)cc2C)c(C)cc1N=Nc1ccc(S(=O)(=O)O)cc1C(=O)O. The number of carbonyl (C=O) groups is 1. The largest absolute Gasteiger partial charge is 0.478 e. The van der Waals surface area contributed by atoms with E-state index in [0.29, 0.717) is 17.1 Å². The summed E-state index contributed by atoms with van der Waals surface area (Å²) in [5.41, 5.74) is 11.2. The second-order valence-corrected chi connectivity index (χ2v) is 9.21. The Kier molecular flexibility index (Phi) is 6.89. The maximum atomic E-state index is 11.5. The lowest BCUT2D eigenvalue weighted by molar-refractivity contribution is 0.0697. The molecular formula is C23H23N5O5S. The molecule has 0 radical (unpaired) electrons. The molecule has 0 spiro atoms. The summed E-state index contributed by atoms with van der Waals surface area (Å²) in [6, 6.07) is 10.2. The van der Waals surface area contributed by atoms with Crippen molar-refractivity contribution in [1.29, 1.82) is 0 Å². The van der Waals surface area contributed by atoms with Gasteiger partial charge in [0.1, 0.15) is 5.69 Å². The fourth-order valence-corrected chi connectivity index (χ4v) is 3.80.